The van der Waals surface area contributed by atoms with E-state index >= 15 is 0 Å². The number of furan rings is 1. The molecule has 1 aromatic heterocycles. The fourth-order valence-corrected chi connectivity index (χ4v) is 1.65. The molecule has 0 saturated heterocycles. The molecular weight excluding hydrogens is 206 g/mol. The predicted octanol–water partition coefficient (Wildman–Crippen LogP) is 0.813. The summed E-state index contributed by atoms with van der Waals surface area (Å²) < 4.78 is 5.34. The van der Waals surface area contributed by atoms with E-state index in [4.69, 9.17) is 16.0 Å². The Kier molecular flexibility index (Phi) is 2.89. The lowest BCUT2D eigenvalue weighted by molar-refractivity contribution is -0.121. The third-order valence-corrected chi connectivity index (χ3v) is 2.48. The molecule has 0 spiro atoms. The predicted molar refractivity (Wildman–Crippen MR) is 60.1 cm³/mol. The molecule has 2 rings (SSSR count). The van der Waals surface area contributed by atoms with Crippen molar-refractivity contribution in [2.75, 3.05) is 0 Å². The zero-order valence-corrected chi connectivity index (χ0v) is 8.64. The minimum atomic E-state index is -0.410. The van der Waals surface area contributed by atoms with Gasteiger partial charge in [0.15, 0.2) is 0 Å². The van der Waals surface area contributed by atoms with Gasteiger partial charge in [0.1, 0.15) is 5.58 Å². The van der Waals surface area contributed by atoms with Gasteiger partial charge in [0, 0.05) is 23.4 Å². The Labute approximate surface area is 92.4 Å². The first kappa shape index (κ1) is 10.7. The highest BCUT2D eigenvalue weighted by Gasteiger charge is 2.15. The second kappa shape index (κ2) is 4.34. The van der Waals surface area contributed by atoms with E-state index in [1.165, 1.54) is 0 Å². The number of fused-ring (bicyclic) bond motifs is 1. The molecule has 0 aliphatic heterocycles. The molecule has 0 fully saturated rings. The molecule has 1 heterocycles. The maximum absolute atomic E-state index is 11.1. The Bertz CT molecular complexity index is 507. The number of carbonyl (C=O) groups excluding carboxylic acids is 1. The monoisotopic (exact) mass is 219 g/mol. The van der Waals surface area contributed by atoms with Gasteiger partial charge in [-0.25, -0.2) is 5.84 Å². The molecule has 0 aliphatic carbocycles. The molecule has 84 valence electrons. The van der Waals surface area contributed by atoms with E-state index < -0.39 is 6.04 Å². The number of hydrogen-bond acceptors (Lipinski definition) is 4. The minimum absolute atomic E-state index is 0.139. The topological polar surface area (TPSA) is 94.3 Å². The third-order valence-electron chi connectivity index (χ3n) is 2.48. The van der Waals surface area contributed by atoms with Crippen LogP contribution in [0.25, 0.3) is 11.0 Å². The van der Waals surface area contributed by atoms with Gasteiger partial charge in [-0.2, -0.15) is 0 Å². The second-order valence-electron chi connectivity index (χ2n) is 3.57. The van der Waals surface area contributed by atoms with Crippen molar-refractivity contribution in [2.45, 2.75) is 12.5 Å². The smallest absolute Gasteiger partial charge is 0.235 e. The first-order chi connectivity index (χ1) is 7.72. The maximum Gasteiger partial charge on any atom is 0.235 e. The summed E-state index contributed by atoms with van der Waals surface area (Å²) in [6.45, 7) is 0. The van der Waals surface area contributed by atoms with Crippen LogP contribution in [0.4, 0.5) is 0 Å². The van der Waals surface area contributed by atoms with Gasteiger partial charge in [0.2, 0.25) is 5.91 Å². The van der Waals surface area contributed by atoms with Crippen LogP contribution in [-0.4, -0.2) is 5.91 Å². The first-order valence-corrected chi connectivity index (χ1v) is 4.93. The maximum atomic E-state index is 11.1. The molecule has 1 aromatic carbocycles. The van der Waals surface area contributed by atoms with Gasteiger partial charge in [-0.3, -0.25) is 10.2 Å². The molecule has 2 aromatic rings. The third kappa shape index (κ3) is 1.91. The quantitative estimate of drug-likeness (QED) is 0.404. The van der Waals surface area contributed by atoms with E-state index in [0.29, 0.717) is 0 Å². The SMILES string of the molecule is NNC(=O)CC(N)c1coc2ccccc12. The standard InChI is InChI=1S/C11H13N3O2/c12-9(5-11(15)14-13)8-6-16-10-4-2-1-3-7(8)10/h1-4,6,9H,5,12-13H2,(H,14,15). The van der Waals surface area contributed by atoms with E-state index in [9.17, 15) is 4.79 Å². The number of hydrogen-bond donors (Lipinski definition) is 3. The van der Waals surface area contributed by atoms with Crippen LogP contribution in [-0.2, 0) is 4.79 Å². The van der Waals surface area contributed by atoms with Crippen molar-refractivity contribution in [3.8, 4) is 0 Å². The Morgan fingerprint density at radius 1 is 1.44 bits per heavy atom. The Hall–Kier alpha value is -1.85. The van der Waals surface area contributed by atoms with Crippen LogP contribution < -0.4 is 17.0 Å². The van der Waals surface area contributed by atoms with Crippen LogP contribution in [0.5, 0.6) is 0 Å². The lowest BCUT2D eigenvalue weighted by Crippen LogP contribution is -2.32. The van der Waals surface area contributed by atoms with Crippen LogP contribution in [0.2, 0.25) is 0 Å². The number of amides is 1. The fraction of sp³-hybridized carbons (Fsp3) is 0.182. The van der Waals surface area contributed by atoms with Crippen molar-refractivity contribution < 1.29 is 9.21 Å². The molecule has 16 heavy (non-hydrogen) atoms. The zero-order valence-electron chi connectivity index (χ0n) is 8.64. The number of carbonyl (C=O) groups is 1. The molecule has 1 amide bonds. The number of nitrogens with two attached hydrogens (primary N) is 2. The lowest BCUT2D eigenvalue weighted by atomic mass is 10.0. The van der Waals surface area contributed by atoms with Crippen molar-refractivity contribution in [3.63, 3.8) is 0 Å². The second-order valence-corrected chi connectivity index (χ2v) is 3.57. The summed E-state index contributed by atoms with van der Waals surface area (Å²) in [4.78, 5) is 11.1. The van der Waals surface area contributed by atoms with Gasteiger partial charge >= 0.3 is 0 Å². The molecule has 0 bridgehead atoms. The van der Waals surface area contributed by atoms with Crippen molar-refractivity contribution in [3.05, 3.63) is 36.1 Å². The Morgan fingerprint density at radius 3 is 2.94 bits per heavy atom. The van der Waals surface area contributed by atoms with Crippen LogP contribution in [0.1, 0.15) is 18.0 Å². The highest BCUT2D eigenvalue weighted by molar-refractivity contribution is 5.83. The molecule has 0 saturated carbocycles. The van der Waals surface area contributed by atoms with E-state index in [2.05, 4.69) is 5.43 Å². The van der Waals surface area contributed by atoms with Gasteiger partial charge in [-0.15, -0.1) is 0 Å². The summed E-state index contributed by atoms with van der Waals surface area (Å²) in [5.41, 5.74) is 9.55. The van der Waals surface area contributed by atoms with Gasteiger partial charge in [0.25, 0.3) is 0 Å². The van der Waals surface area contributed by atoms with Crippen LogP contribution in [0.15, 0.2) is 34.9 Å². The number of rotatable bonds is 3. The minimum Gasteiger partial charge on any atom is -0.464 e. The van der Waals surface area contributed by atoms with E-state index in [1.807, 2.05) is 24.3 Å². The van der Waals surface area contributed by atoms with Crippen molar-refractivity contribution in [2.24, 2.45) is 11.6 Å². The largest absolute Gasteiger partial charge is 0.464 e. The molecule has 1 unspecified atom stereocenters. The van der Waals surface area contributed by atoms with Crippen molar-refractivity contribution in [1.82, 2.24) is 5.43 Å². The molecule has 5 nitrogen and oxygen atoms in total. The van der Waals surface area contributed by atoms with Crippen molar-refractivity contribution in [1.29, 1.82) is 0 Å². The number of benzene rings is 1. The van der Waals surface area contributed by atoms with E-state index in [0.717, 1.165) is 16.5 Å². The summed E-state index contributed by atoms with van der Waals surface area (Å²) in [7, 11) is 0. The van der Waals surface area contributed by atoms with Gasteiger partial charge in [-0.1, -0.05) is 18.2 Å². The van der Waals surface area contributed by atoms with Crippen LogP contribution >= 0.6 is 0 Å². The summed E-state index contributed by atoms with van der Waals surface area (Å²) in [5.74, 6) is 4.71. The first-order valence-electron chi connectivity index (χ1n) is 4.93. The molecule has 5 heteroatoms. The molecule has 0 aliphatic rings. The molecule has 1 atom stereocenters. The normalized spacial score (nSPS) is 12.6. The van der Waals surface area contributed by atoms with Crippen LogP contribution in [0.3, 0.4) is 0 Å². The van der Waals surface area contributed by atoms with Crippen molar-refractivity contribution >= 4 is 16.9 Å². The highest BCUT2D eigenvalue weighted by Crippen LogP contribution is 2.26. The summed E-state index contributed by atoms with van der Waals surface area (Å²) >= 11 is 0. The number of para-hydroxylation sites is 1. The van der Waals surface area contributed by atoms with Gasteiger partial charge in [-0.05, 0) is 6.07 Å². The highest BCUT2D eigenvalue weighted by atomic mass is 16.3. The van der Waals surface area contributed by atoms with E-state index in [1.54, 1.807) is 6.26 Å². The number of hydrazine groups is 1. The molecule has 5 N–H and O–H groups in total. The fourth-order valence-electron chi connectivity index (χ4n) is 1.65. The molecule has 0 radical (unpaired) electrons. The zero-order chi connectivity index (χ0) is 11.5. The average molecular weight is 219 g/mol. The number of nitrogens with one attached hydrogen (secondary N) is 1. The molecular formula is C11H13N3O2. The summed E-state index contributed by atoms with van der Waals surface area (Å²) in [6, 6.07) is 7.14. The average Bonchev–Trinajstić information content (AvgIpc) is 2.72. The summed E-state index contributed by atoms with van der Waals surface area (Å²) in [6.07, 6.45) is 1.72. The van der Waals surface area contributed by atoms with Gasteiger partial charge < -0.3 is 10.2 Å². The summed E-state index contributed by atoms with van der Waals surface area (Å²) in [5, 5.41) is 0.930. The van der Waals surface area contributed by atoms with E-state index in [-0.39, 0.29) is 12.3 Å². The Balaban J connectivity index is 2.29. The van der Waals surface area contributed by atoms with Gasteiger partial charge in [0.05, 0.1) is 6.26 Å². The Morgan fingerprint density at radius 2 is 2.19 bits per heavy atom. The lowest BCUT2D eigenvalue weighted by Gasteiger charge is -2.08. The van der Waals surface area contributed by atoms with Crippen LogP contribution in [0, 0.1) is 0 Å².